The maximum atomic E-state index is 12.5. The first-order valence-electron chi connectivity index (χ1n) is 13.7. The van der Waals surface area contributed by atoms with Gasteiger partial charge >= 0.3 is 6.09 Å². The highest BCUT2D eigenvalue weighted by atomic mass is 16.6. The summed E-state index contributed by atoms with van der Waals surface area (Å²) in [6, 6.07) is 18.8. The highest BCUT2D eigenvalue weighted by Crippen LogP contribution is 2.44. The van der Waals surface area contributed by atoms with Gasteiger partial charge in [-0.1, -0.05) is 47.6 Å². The number of amides is 1. The Morgan fingerprint density at radius 2 is 1.95 bits per heavy atom. The number of hydrogen-bond acceptors (Lipinski definition) is 7. The van der Waals surface area contributed by atoms with Crippen molar-refractivity contribution < 1.29 is 18.8 Å². The largest absolute Gasteiger partial charge is 0.497 e. The molecule has 1 amide bonds. The van der Waals surface area contributed by atoms with Crippen molar-refractivity contribution in [3.63, 3.8) is 0 Å². The first-order valence-corrected chi connectivity index (χ1v) is 13.7. The van der Waals surface area contributed by atoms with Gasteiger partial charge < -0.3 is 24.2 Å². The molecule has 3 aromatic rings. The fraction of sp³-hybridized carbons (Fsp3) is 0.500. The Labute approximate surface area is 224 Å². The van der Waals surface area contributed by atoms with Crippen LogP contribution in [-0.4, -0.2) is 60.5 Å². The molecule has 1 aromatic heterocycles. The van der Waals surface area contributed by atoms with Crippen LogP contribution in [0.25, 0.3) is 0 Å². The Balaban J connectivity index is 1.22. The minimum atomic E-state index is -0.374. The van der Waals surface area contributed by atoms with Crippen molar-refractivity contribution in [1.29, 1.82) is 0 Å². The van der Waals surface area contributed by atoms with Crippen molar-refractivity contribution in [3.05, 3.63) is 77.4 Å². The van der Waals surface area contributed by atoms with Crippen molar-refractivity contribution in [2.75, 3.05) is 27.2 Å². The molecule has 1 saturated carbocycles. The van der Waals surface area contributed by atoms with Crippen LogP contribution < -0.4 is 10.1 Å². The summed E-state index contributed by atoms with van der Waals surface area (Å²) >= 11 is 0. The lowest BCUT2D eigenvalue weighted by Gasteiger charge is -2.38. The zero-order valence-electron chi connectivity index (χ0n) is 22.4. The lowest BCUT2D eigenvalue weighted by Crippen LogP contribution is -2.39. The smallest absolute Gasteiger partial charge is 0.407 e. The molecule has 2 aromatic carbocycles. The molecule has 38 heavy (non-hydrogen) atoms. The van der Waals surface area contributed by atoms with Crippen LogP contribution in [0.3, 0.4) is 0 Å². The molecule has 2 heterocycles. The molecule has 202 valence electrons. The average Bonchev–Trinajstić information content (AvgIpc) is 3.59. The highest BCUT2D eigenvalue weighted by Gasteiger charge is 2.43. The molecule has 0 radical (unpaired) electrons. The van der Waals surface area contributed by atoms with E-state index in [2.05, 4.69) is 34.6 Å². The molecule has 5 rings (SSSR count). The summed E-state index contributed by atoms with van der Waals surface area (Å²) in [5.41, 5.74) is 1.84. The van der Waals surface area contributed by atoms with Gasteiger partial charge in [0.1, 0.15) is 11.9 Å². The molecular formula is C30H38N4O4. The summed E-state index contributed by atoms with van der Waals surface area (Å²) in [5.74, 6) is 2.08. The molecule has 2 aliphatic rings. The number of rotatable bonds is 9. The third kappa shape index (κ3) is 6.01. The Kier molecular flexibility index (Phi) is 8.27. The maximum Gasteiger partial charge on any atom is 0.407 e. The van der Waals surface area contributed by atoms with Crippen LogP contribution >= 0.6 is 0 Å². The number of carbonyl (C=O) groups excluding carboxylic acids is 1. The maximum absolute atomic E-state index is 12.5. The quantitative estimate of drug-likeness (QED) is 0.421. The van der Waals surface area contributed by atoms with Gasteiger partial charge in [-0.3, -0.25) is 0 Å². The van der Waals surface area contributed by atoms with Gasteiger partial charge in [0.15, 0.2) is 5.82 Å². The Bertz CT molecular complexity index is 1190. The number of benzene rings is 2. The zero-order valence-corrected chi connectivity index (χ0v) is 22.4. The lowest BCUT2D eigenvalue weighted by atomic mass is 9.68. The standard InChI is InChI=1S/C30H38N4O4/c1-34-19-7-11-24(34)15-18-31-29(35)37-25-13-16-30(17-14-25,23-9-4-3-5-10-23)28-32-27(38-33-28)21-22-8-6-12-26(20-22)36-2/h3-6,8-10,12,20,24-25H,7,11,13-19,21H2,1-2H3,(H,31,35). The van der Waals surface area contributed by atoms with Crippen molar-refractivity contribution >= 4 is 6.09 Å². The summed E-state index contributed by atoms with van der Waals surface area (Å²) in [6.45, 7) is 1.79. The van der Waals surface area contributed by atoms with Crippen LogP contribution in [0.4, 0.5) is 4.79 Å². The molecule has 1 unspecified atom stereocenters. The number of likely N-dealkylation sites (tertiary alicyclic amines) is 1. The minimum absolute atomic E-state index is 0.121. The van der Waals surface area contributed by atoms with Gasteiger partial charge in [0.2, 0.25) is 5.89 Å². The second-order valence-corrected chi connectivity index (χ2v) is 10.6. The van der Waals surface area contributed by atoms with Crippen LogP contribution in [0.5, 0.6) is 5.75 Å². The molecule has 0 spiro atoms. The normalized spacial score (nSPS) is 23.7. The van der Waals surface area contributed by atoms with Crippen LogP contribution in [0.2, 0.25) is 0 Å². The second-order valence-electron chi connectivity index (χ2n) is 10.6. The Hall–Kier alpha value is -3.39. The predicted octanol–water partition coefficient (Wildman–Crippen LogP) is 5.11. The van der Waals surface area contributed by atoms with Crippen molar-refractivity contribution in [3.8, 4) is 5.75 Å². The van der Waals surface area contributed by atoms with Crippen molar-refractivity contribution in [2.24, 2.45) is 0 Å². The number of nitrogens with zero attached hydrogens (tertiary/aromatic N) is 3. The molecule has 1 N–H and O–H groups in total. The highest BCUT2D eigenvalue weighted by molar-refractivity contribution is 5.67. The summed E-state index contributed by atoms with van der Waals surface area (Å²) in [4.78, 5) is 19.7. The molecule has 8 nitrogen and oxygen atoms in total. The molecule has 0 bridgehead atoms. The number of ether oxygens (including phenoxy) is 2. The fourth-order valence-electron chi connectivity index (χ4n) is 5.96. The number of methoxy groups -OCH3 is 1. The Morgan fingerprint density at radius 1 is 1.13 bits per heavy atom. The van der Waals surface area contributed by atoms with E-state index in [0.29, 0.717) is 30.7 Å². The van der Waals surface area contributed by atoms with Gasteiger partial charge in [-0.05, 0) is 81.8 Å². The van der Waals surface area contributed by atoms with Crippen molar-refractivity contribution in [1.82, 2.24) is 20.4 Å². The third-order valence-corrected chi connectivity index (χ3v) is 8.19. The van der Waals surface area contributed by atoms with E-state index < -0.39 is 0 Å². The Morgan fingerprint density at radius 3 is 2.68 bits per heavy atom. The lowest BCUT2D eigenvalue weighted by molar-refractivity contribution is 0.0612. The monoisotopic (exact) mass is 518 g/mol. The molecule has 1 atom stereocenters. The van der Waals surface area contributed by atoms with Gasteiger partial charge in [0, 0.05) is 12.6 Å². The van der Waals surface area contributed by atoms with E-state index in [1.165, 1.54) is 12.8 Å². The molecule has 1 aliphatic carbocycles. The number of nitrogens with one attached hydrogen (secondary N) is 1. The molecule has 1 aliphatic heterocycles. The zero-order chi connectivity index (χ0) is 26.4. The van der Waals surface area contributed by atoms with Crippen LogP contribution in [0, 0.1) is 0 Å². The molecule has 1 saturated heterocycles. The van der Waals surface area contributed by atoms with E-state index in [-0.39, 0.29) is 17.6 Å². The van der Waals surface area contributed by atoms with E-state index in [1.807, 2.05) is 42.5 Å². The van der Waals surface area contributed by atoms with Crippen LogP contribution in [0.15, 0.2) is 59.1 Å². The first kappa shape index (κ1) is 26.2. The van der Waals surface area contributed by atoms with E-state index in [9.17, 15) is 4.79 Å². The molecule has 2 fully saturated rings. The number of carbonyl (C=O) groups is 1. The first-order chi connectivity index (χ1) is 18.6. The van der Waals surface area contributed by atoms with Gasteiger partial charge in [0.05, 0.1) is 18.9 Å². The van der Waals surface area contributed by atoms with Crippen LogP contribution in [-0.2, 0) is 16.6 Å². The van der Waals surface area contributed by atoms with Gasteiger partial charge in [-0.15, -0.1) is 0 Å². The minimum Gasteiger partial charge on any atom is -0.497 e. The average molecular weight is 519 g/mol. The topological polar surface area (TPSA) is 89.7 Å². The number of hydrogen-bond donors (Lipinski definition) is 1. The SMILES string of the molecule is COc1cccc(Cc2nc(C3(c4ccccc4)CCC(OC(=O)NCCC4CCCN4C)CC3)no2)c1. The summed E-state index contributed by atoms with van der Waals surface area (Å²) in [5, 5.41) is 7.42. The van der Waals surface area contributed by atoms with Crippen LogP contribution in [0.1, 0.15) is 67.8 Å². The second kappa shape index (κ2) is 12.0. The molecule has 8 heteroatoms. The van der Waals surface area contributed by atoms with E-state index in [1.54, 1.807) is 7.11 Å². The number of aromatic nitrogens is 2. The fourth-order valence-corrected chi connectivity index (χ4v) is 5.96. The van der Waals surface area contributed by atoms with E-state index >= 15 is 0 Å². The van der Waals surface area contributed by atoms with E-state index in [4.69, 9.17) is 19.0 Å². The summed E-state index contributed by atoms with van der Waals surface area (Å²) in [6.07, 6.45) is 6.54. The van der Waals surface area contributed by atoms with Gasteiger partial charge in [-0.25, -0.2) is 4.79 Å². The number of alkyl carbamates (subject to hydrolysis) is 1. The van der Waals surface area contributed by atoms with Gasteiger partial charge in [-0.2, -0.15) is 4.98 Å². The van der Waals surface area contributed by atoms with E-state index in [0.717, 1.165) is 55.5 Å². The summed E-state index contributed by atoms with van der Waals surface area (Å²) in [7, 11) is 3.81. The predicted molar refractivity (Wildman–Crippen MR) is 144 cm³/mol. The van der Waals surface area contributed by atoms with Gasteiger partial charge in [0.25, 0.3) is 0 Å². The molecular weight excluding hydrogens is 480 g/mol. The van der Waals surface area contributed by atoms with Crippen molar-refractivity contribution in [2.45, 2.75) is 68.9 Å². The summed E-state index contributed by atoms with van der Waals surface area (Å²) < 4.78 is 16.9. The third-order valence-electron chi connectivity index (χ3n) is 8.19.